The van der Waals surface area contributed by atoms with E-state index in [9.17, 15) is 0 Å². The van der Waals surface area contributed by atoms with Crippen molar-refractivity contribution < 1.29 is 4.74 Å². The average Bonchev–Trinajstić information content (AvgIpc) is 2.40. The first-order valence-corrected chi connectivity index (χ1v) is 5.55. The third kappa shape index (κ3) is 2.00. The molecule has 1 nitrogen and oxygen atoms in total. The quantitative estimate of drug-likeness (QED) is 0.619. The second-order valence-electron chi connectivity index (χ2n) is 3.82. The van der Waals surface area contributed by atoms with Crippen LogP contribution in [0.3, 0.4) is 0 Å². The van der Waals surface area contributed by atoms with Crippen LogP contribution in [0, 0.1) is 6.07 Å². The fourth-order valence-electron chi connectivity index (χ4n) is 1.85. The lowest BCUT2D eigenvalue weighted by atomic mass is 10.1. The lowest BCUT2D eigenvalue weighted by Gasteiger charge is -2.08. The van der Waals surface area contributed by atoms with E-state index in [2.05, 4.69) is 24.3 Å². The Hall–Kier alpha value is -2.28. The molecular weight excluding hydrogens is 208 g/mol. The van der Waals surface area contributed by atoms with Gasteiger partial charge in [-0.3, -0.25) is 0 Å². The van der Waals surface area contributed by atoms with Crippen molar-refractivity contribution >= 4 is 10.8 Å². The van der Waals surface area contributed by atoms with Crippen LogP contribution < -0.4 is 4.74 Å². The molecule has 0 bridgehead atoms. The number of ether oxygens (including phenoxy) is 1. The van der Waals surface area contributed by atoms with E-state index in [0.717, 1.165) is 16.9 Å². The highest BCUT2D eigenvalue weighted by molar-refractivity contribution is 5.88. The molecule has 0 aliphatic rings. The third-order valence-electron chi connectivity index (χ3n) is 2.66. The zero-order valence-corrected chi connectivity index (χ0v) is 9.26. The van der Waals surface area contributed by atoms with Crippen LogP contribution in [0.2, 0.25) is 0 Å². The maximum Gasteiger partial charge on any atom is 0.135 e. The highest BCUT2D eigenvalue weighted by atomic mass is 16.5. The first-order chi connectivity index (χ1) is 8.43. The van der Waals surface area contributed by atoms with Crippen molar-refractivity contribution in [2.45, 2.75) is 0 Å². The van der Waals surface area contributed by atoms with Gasteiger partial charge in [0.2, 0.25) is 0 Å². The molecule has 1 heteroatoms. The Bertz CT molecular complexity index is 624. The molecule has 3 aromatic carbocycles. The Morgan fingerprint density at radius 2 is 1.71 bits per heavy atom. The lowest BCUT2D eigenvalue weighted by Crippen LogP contribution is -1.85. The van der Waals surface area contributed by atoms with Gasteiger partial charge >= 0.3 is 0 Å². The van der Waals surface area contributed by atoms with Crippen LogP contribution in [0.5, 0.6) is 11.5 Å². The lowest BCUT2D eigenvalue weighted by molar-refractivity contribution is 0.488. The highest BCUT2D eigenvalue weighted by Gasteiger charge is 2.01. The Morgan fingerprint density at radius 1 is 0.824 bits per heavy atom. The minimum atomic E-state index is 0.809. The van der Waals surface area contributed by atoms with E-state index in [4.69, 9.17) is 4.74 Å². The molecule has 17 heavy (non-hydrogen) atoms. The summed E-state index contributed by atoms with van der Waals surface area (Å²) in [5.74, 6) is 1.69. The molecule has 0 aliphatic carbocycles. The summed E-state index contributed by atoms with van der Waals surface area (Å²) in [7, 11) is 0. The molecule has 0 saturated carbocycles. The Kier molecular flexibility index (Phi) is 2.51. The van der Waals surface area contributed by atoms with E-state index in [-0.39, 0.29) is 0 Å². The summed E-state index contributed by atoms with van der Waals surface area (Å²) >= 11 is 0. The highest BCUT2D eigenvalue weighted by Crippen LogP contribution is 2.29. The standard InChI is InChI=1S/C16H11O/c1-2-9-14(10-3-1)17-16-12-6-8-13-7-4-5-11-15(13)16/h1-2,4-12H. The predicted octanol–water partition coefficient (Wildman–Crippen LogP) is 4.43. The van der Waals surface area contributed by atoms with Gasteiger partial charge < -0.3 is 4.74 Å². The SMILES string of the molecule is [c]1cccc(Oc2cccc3ccccc23)c1. The van der Waals surface area contributed by atoms with Crippen LogP contribution in [0.15, 0.2) is 66.7 Å². The summed E-state index contributed by atoms with van der Waals surface area (Å²) in [5, 5.41) is 2.31. The smallest absolute Gasteiger partial charge is 0.135 e. The second-order valence-corrected chi connectivity index (χ2v) is 3.82. The van der Waals surface area contributed by atoms with Crippen LogP contribution in [-0.4, -0.2) is 0 Å². The molecule has 0 spiro atoms. The molecule has 0 amide bonds. The molecular formula is C16H11O. The van der Waals surface area contributed by atoms with E-state index < -0.39 is 0 Å². The molecule has 3 aromatic rings. The van der Waals surface area contributed by atoms with Gasteiger partial charge in [0.1, 0.15) is 11.5 Å². The Balaban J connectivity index is 2.06. The summed E-state index contributed by atoms with van der Waals surface area (Å²) in [6.45, 7) is 0. The summed E-state index contributed by atoms with van der Waals surface area (Å²) in [6.07, 6.45) is 0. The van der Waals surface area contributed by atoms with Crippen molar-refractivity contribution in [2.75, 3.05) is 0 Å². The van der Waals surface area contributed by atoms with E-state index >= 15 is 0 Å². The van der Waals surface area contributed by atoms with Crippen molar-refractivity contribution in [3.63, 3.8) is 0 Å². The third-order valence-corrected chi connectivity index (χ3v) is 2.66. The van der Waals surface area contributed by atoms with Crippen molar-refractivity contribution in [3.8, 4) is 11.5 Å². The molecule has 0 atom stereocenters. The van der Waals surface area contributed by atoms with Gasteiger partial charge in [-0.15, -0.1) is 0 Å². The van der Waals surface area contributed by atoms with Gasteiger partial charge in [0, 0.05) is 5.39 Å². The van der Waals surface area contributed by atoms with Crippen LogP contribution >= 0.6 is 0 Å². The maximum atomic E-state index is 5.86. The Morgan fingerprint density at radius 3 is 2.59 bits per heavy atom. The molecule has 0 saturated heterocycles. The van der Waals surface area contributed by atoms with E-state index in [0.29, 0.717) is 0 Å². The van der Waals surface area contributed by atoms with Gasteiger partial charge in [0.05, 0.1) is 0 Å². The van der Waals surface area contributed by atoms with Gasteiger partial charge in [-0.05, 0) is 29.7 Å². The molecule has 0 fully saturated rings. The van der Waals surface area contributed by atoms with Crippen molar-refractivity contribution in [3.05, 3.63) is 72.8 Å². The zero-order valence-electron chi connectivity index (χ0n) is 9.26. The molecule has 0 heterocycles. The molecule has 1 radical (unpaired) electrons. The zero-order chi connectivity index (χ0) is 11.5. The normalized spacial score (nSPS) is 10.4. The topological polar surface area (TPSA) is 9.23 Å². The van der Waals surface area contributed by atoms with Crippen LogP contribution in [-0.2, 0) is 0 Å². The minimum Gasteiger partial charge on any atom is -0.457 e. The second kappa shape index (κ2) is 4.30. The average molecular weight is 219 g/mol. The first kappa shape index (κ1) is 9.91. The monoisotopic (exact) mass is 219 g/mol. The number of fused-ring (bicyclic) bond motifs is 1. The van der Waals surface area contributed by atoms with Crippen LogP contribution in [0.4, 0.5) is 0 Å². The fourth-order valence-corrected chi connectivity index (χ4v) is 1.85. The van der Waals surface area contributed by atoms with Crippen molar-refractivity contribution in [1.29, 1.82) is 0 Å². The molecule has 0 N–H and O–H groups in total. The number of hydrogen-bond donors (Lipinski definition) is 0. The number of hydrogen-bond acceptors (Lipinski definition) is 1. The van der Waals surface area contributed by atoms with Crippen molar-refractivity contribution in [1.82, 2.24) is 0 Å². The van der Waals surface area contributed by atoms with Gasteiger partial charge in [-0.25, -0.2) is 0 Å². The van der Waals surface area contributed by atoms with Crippen molar-refractivity contribution in [2.24, 2.45) is 0 Å². The van der Waals surface area contributed by atoms with E-state index in [1.165, 1.54) is 5.39 Å². The summed E-state index contributed by atoms with van der Waals surface area (Å²) < 4.78 is 5.86. The first-order valence-electron chi connectivity index (χ1n) is 5.55. The minimum absolute atomic E-state index is 0.809. The fraction of sp³-hybridized carbons (Fsp3) is 0. The molecule has 0 aromatic heterocycles. The maximum absolute atomic E-state index is 5.86. The van der Waals surface area contributed by atoms with Gasteiger partial charge in [-0.2, -0.15) is 0 Å². The molecule has 0 aliphatic heterocycles. The van der Waals surface area contributed by atoms with Crippen LogP contribution in [0.25, 0.3) is 10.8 Å². The predicted molar refractivity (Wildman–Crippen MR) is 69.3 cm³/mol. The van der Waals surface area contributed by atoms with Gasteiger partial charge in [0.25, 0.3) is 0 Å². The Labute approximate surface area is 100 Å². The summed E-state index contributed by atoms with van der Waals surface area (Å²) in [5.41, 5.74) is 0. The van der Waals surface area contributed by atoms with Gasteiger partial charge in [0.15, 0.2) is 0 Å². The molecule has 81 valence electrons. The van der Waals surface area contributed by atoms with E-state index in [1.807, 2.05) is 48.5 Å². The van der Waals surface area contributed by atoms with Crippen LogP contribution in [0.1, 0.15) is 0 Å². The van der Waals surface area contributed by atoms with E-state index in [1.54, 1.807) is 0 Å². The number of rotatable bonds is 2. The molecule has 0 unspecified atom stereocenters. The summed E-state index contributed by atoms with van der Waals surface area (Å²) in [6, 6.07) is 24.8. The molecule has 3 rings (SSSR count). The van der Waals surface area contributed by atoms with Gasteiger partial charge in [-0.1, -0.05) is 48.5 Å². The summed E-state index contributed by atoms with van der Waals surface area (Å²) in [4.78, 5) is 0. The number of benzene rings is 3. The largest absolute Gasteiger partial charge is 0.457 e.